The fourth-order valence-corrected chi connectivity index (χ4v) is 4.89. The van der Waals surface area contributed by atoms with E-state index in [2.05, 4.69) is 53.3 Å². The number of hydrogen-bond acceptors (Lipinski definition) is 3. The molecule has 168 valence electrons. The van der Waals surface area contributed by atoms with Gasteiger partial charge in [0.1, 0.15) is 0 Å². The number of aryl methyl sites for hydroxylation is 2. The number of rotatable bonds is 4. The molecule has 7 heteroatoms. The van der Waals surface area contributed by atoms with Gasteiger partial charge in [-0.25, -0.2) is 4.98 Å². The highest BCUT2D eigenvalue weighted by Gasteiger charge is 2.23. The summed E-state index contributed by atoms with van der Waals surface area (Å²) in [5, 5.41) is 1.21. The van der Waals surface area contributed by atoms with Crippen LogP contribution in [-0.4, -0.2) is 44.1 Å². The number of halogens is 1. The van der Waals surface area contributed by atoms with Crippen LogP contribution in [-0.2, 0) is 13.1 Å². The number of benzene rings is 2. The molecular formula is C25H30ClN5O. The maximum Gasteiger partial charge on any atom is 0.253 e. The van der Waals surface area contributed by atoms with Crippen molar-refractivity contribution in [2.24, 2.45) is 5.73 Å². The minimum absolute atomic E-state index is 0. The molecule has 0 aliphatic carbocycles. The maximum absolute atomic E-state index is 13.1. The van der Waals surface area contributed by atoms with Crippen LogP contribution in [0.5, 0.6) is 0 Å². The molecule has 0 spiro atoms. The maximum atomic E-state index is 13.1. The summed E-state index contributed by atoms with van der Waals surface area (Å²) in [6, 6.07) is 16.6. The Morgan fingerprint density at radius 3 is 2.59 bits per heavy atom. The van der Waals surface area contributed by atoms with Crippen molar-refractivity contribution >= 4 is 40.3 Å². The summed E-state index contributed by atoms with van der Waals surface area (Å²) in [5.74, 6) is 0.993. The molecule has 0 saturated carbocycles. The van der Waals surface area contributed by atoms with Crippen LogP contribution in [0.15, 0.2) is 48.5 Å². The number of nitrogens with two attached hydrogens (primary N) is 1. The number of nitrogens with zero attached hydrogens (tertiary/aromatic N) is 4. The number of likely N-dealkylation sites (tertiary alicyclic amines) is 1. The average Bonchev–Trinajstić information content (AvgIpc) is 3.35. The lowest BCUT2D eigenvalue weighted by atomic mass is 10.1. The van der Waals surface area contributed by atoms with Gasteiger partial charge in [-0.15, -0.1) is 12.4 Å². The van der Waals surface area contributed by atoms with E-state index in [0.717, 1.165) is 55.0 Å². The Hall–Kier alpha value is -2.83. The van der Waals surface area contributed by atoms with Crippen molar-refractivity contribution in [3.05, 3.63) is 54.1 Å². The van der Waals surface area contributed by atoms with E-state index in [1.807, 2.05) is 23.1 Å². The van der Waals surface area contributed by atoms with Gasteiger partial charge in [0.25, 0.3) is 5.91 Å². The Balaban J connectivity index is 0.00000245. The van der Waals surface area contributed by atoms with E-state index in [-0.39, 0.29) is 24.4 Å². The first-order valence-electron chi connectivity index (χ1n) is 11.2. The third kappa shape index (κ3) is 3.67. The summed E-state index contributed by atoms with van der Waals surface area (Å²) in [5.41, 5.74) is 11.0. The molecule has 3 heterocycles. The van der Waals surface area contributed by atoms with Gasteiger partial charge >= 0.3 is 0 Å². The van der Waals surface area contributed by atoms with E-state index in [0.29, 0.717) is 12.1 Å². The number of aromatic nitrogens is 3. The van der Waals surface area contributed by atoms with E-state index >= 15 is 0 Å². The van der Waals surface area contributed by atoms with Crippen molar-refractivity contribution in [2.75, 3.05) is 13.1 Å². The summed E-state index contributed by atoms with van der Waals surface area (Å²) in [4.78, 5) is 20.0. The summed E-state index contributed by atoms with van der Waals surface area (Å²) < 4.78 is 4.55. The number of piperidine rings is 1. The molecule has 6 nitrogen and oxygen atoms in total. The second-order valence-electron chi connectivity index (χ2n) is 8.37. The molecule has 1 saturated heterocycles. The Labute approximate surface area is 194 Å². The summed E-state index contributed by atoms with van der Waals surface area (Å²) in [6.45, 7) is 7.38. The molecular weight excluding hydrogens is 422 g/mol. The van der Waals surface area contributed by atoms with Crippen LogP contribution < -0.4 is 5.73 Å². The largest absolute Gasteiger partial charge is 0.338 e. The van der Waals surface area contributed by atoms with E-state index in [1.54, 1.807) is 0 Å². The van der Waals surface area contributed by atoms with Gasteiger partial charge in [0, 0.05) is 48.7 Å². The predicted octanol–water partition coefficient (Wildman–Crippen LogP) is 4.68. The van der Waals surface area contributed by atoms with Gasteiger partial charge in [-0.1, -0.05) is 18.2 Å². The minimum Gasteiger partial charge on any atom is -0.338 e. The average molecular weight is 452 g/mol. The second-order valence-corrected chi connectivity index (χ2v) is 8.37. The highest BCUT2D eigenvalue weighted by Crippen LogP contribution is 2.31. The van der Waals surface area contributed by atoms with Crippen molar-refractivity contribution in [3.63, 3.8) is 0 Å². The van der Waals surface area contributed by atoms with E-state index in [4.69, 9.17) is 10.7 Å². The van der Waals surface area contributed by atoms with Crippen LogP contribution in [0.1, 0.15) is 37.0 Å². The zero-order chi connectivity index (χ0) is 21.5. The predicted molar refractivity (Wildman–Crippen MR) is 132 cm³/mol. The number of para-hydroxylation sites is 1. The summed E-state index contributed by atoms with van der Waals surface area (Å²) >= 11 is 0. The van der Waals surface area contributed by atoms with Gasteiger partial charge in [0.2, 0.25) is 0 Å². The van der Waals surface area contributed by atoms with Gasteiger partial charge in [-0.2, -0.15) is 0 Å². The SMILES string of the molecule is CCn1c(-c2nc3cc(C(=O)N4CCC[C@@H](N)C4)ccc3n2CC)cc2ccccc21.Cl. The molecule has 1 fully saturated rings. The van der Waals surface area contributed by atoms with Crippen LogP contribution >= 0.6 is 12.4 Å². The zero-order valence-corrected chi connectivity index (χ0v) is 19.4. The first-order chi connectivity index (χ1) is 15.1. The third-order valence-corrected chi connectivity index (χ3v) is 6.41. The Morgan fingerprint density at radius 1 is 1.06 bits per heavy atom. The highest BCUT2D eigenvalue weighted by molar-refractivity contribution is 5.98. The zero-order valence-electron chi connectivity index (χ0n) is 18.6. The minimum atomic E-state index is 0. The quantitative estimate of drug-likeness (QED) is 0.489. The fourth-order valence-electron chi connectivity index (χ4n) is 4.89. The number of hydrogen-bond donors (Lipinski definition) is 1. The van der Waals surface area contributed by atoms with Crippen LogP contribution in [0.3, 0.4) is 0 Å². The normalized spacial score (nSPS) is 16.5. The monoisotopic (exact) mass is 451 g/mol. The lowest BCUT2D eigenvalue weighted by molar-refractivity contribution is 0.0709. The lowest BCUT2D eigenvalue weighted by Crippen LogP contribution is -2.45. The van der Waals surface area contributed by atoms with Crippen molar-refractivity contribution in [1.29, 1.82) is 0 Å². The molecule has 5 rings (SSSR count). The van der Waals surface area contributed by atoms with Gasteiger partial charge in [-0.05, 0) is 57.0 Å². The highest BCUT2D eigenvalue weighted by atomic mass is 35.5. The Morgan fingerprint density at radius 2 is 1.84 bits per heavy atom. The van der Waals surface area contributed by atoms with Crippen LogP contribution in [0.25, 0.3) is 33.5 Å². The molecule has 2 N–H and O–H groups in total. The fraction of sp³-hybridized carbons (Fsp3) is 0.360. The summed E-state index contributed by atoms with van der Waals surface area (Å²) in [7, 11) is 0. The Bertz CT molecular complexity index is 1270. The van der Waals surface area contributed by atoms with Gasteiger partial charge in [0.05, 0.1) is 16.7 Å². The number of fused-ring (bicyclic) bond motifs is 2. The smallest absolute Gasteiger partial charge is 0.253 e. The number of carbonyl (C=O) groups excluding carboxylic acids is 1. The van der Waals surface area contributed by atoms with Crippen LogP contribution in [0, 0.1) is 0 Å². The topological polar surface area (TPSA) is 69.1 Å². The van der Waals surface area contributed by atoms with Crippen molar-refractivity contribution in [3.8, 4) is 11.5 Å². The standard InChI is InChI=1S/C25H29N5O.ClH/c1-3-29-21-10-6-5-8-17(21)15-23(29)24-27-20-14-18(11-12-22(20)30(24)4-2)25(31)28-13-7-9-19(26)16-28;/h5-6,8,10-12,14-15,19H,3-4,7,9,13,16,26H2,1-2H3;1H/t19-;/m1./s1. The molecule has 1 atom stereocenters. The van der Waals surface area contributed by atoms with Gasteiger partial charge in [-0.3, -0.25) is 4.79 Å². The van der Waals surface area contributed by atoms with Crippen LogP contribution in [0.4, 0.5) is 0 Å². The molecule has 32 heavy (non-hydrogen) atoms. The van der Waals surface area contributed by atoms with E-state index in [9.17, 15) is 4.79 Å². The van der Waals surface area contributed by atoms with Crippen molar-refractivity contribution in [1.82, 2.24) is 19.0 Å². The number of imidazole rings is 1. The first-order valence-corrected chi connectivity index (χ1v) is 11.2. The van der Waals surface area contributed by atoms with Crippen molar-refractivity contribution < 1.29 is 4.79 Å². The molecule has 1 aliphatic heterocycles. The molecule has 4 aromatic rings. The number of carbonyl (C=O) groups is 1. The van der Waals surface area contributed by atoms with Crippen molar-refractivity contribution in [2.45, 2.75) is 45.8 Å². The number of amides is 1. The molecule has 0 unspecified atom stereocenters. The van der Waals surface area contributed by atoms with E-state index < -0.39 is 0 Å². The molecule has 1 aliphatic rings. The molecule has 0 radical (unpaired) electrons. The van der Waals surface area contributed by atoms with Gasteiger partial charge in [0.15, 0.2) is 5.82 Å². The van der Waals surface area contributed by atoms with E-state index in [1.165, 1.54) is 10.9 Å². The molecule has 2 aromatic carbocycles. The van der Waals surface area contributed by atoms with Gasteiger partial charge < -0.3 is 19.8 Å². The molecule has 2 aromatic heterocycles. The van der Waals surface area contributed by atoms with Crippen LogP contribution in [0.2, 0.25) is 0 Å². The third-order valence-electron chi connectivity index (χ3n) is 6.41. The first kappa shape index (κ1) is 22.4. The second kappa shape index (κ2) is 8.96. The lowest BCUT2D eigenvalue weighted by Gasteiger charge is -2.30. The molecule has 1 amide bonds. The summed E-state index contributed by atoms with van der Waals surface area (Å²) in [6.07, 6.45) is 1.95. The molecule has 0 bridgehead atoms. The Kier molecular flexibility index (Phi) is 6.26.